The Morgan fingerprint density at radius 3 is 1.50 bits per heavy atom. The summed E-state index contributed by atoms with van der Waals surface area (Å²) in [5.74, 6) is 0.636. The van der Waals surface area contributed by atoms with Crippen LogP contribution >= 0.6 is 296 Å². The molecule has 0 amide bonds. The van der Waals surface area contributed by atoms with Crippen molar-refractivity contribution in [3.8, 4) is 34.3 Å². The van der Waals surface area contributed by atoms with E-state index in [4.69, 9.17) is 14.9 Å². The van der Waals surface area contributed by atoms with Crippen LogP contribution in [-0.2, 0) is 21.1 Å². The molecular formula is C26H67N6O4P37S. The van der Waals surface area contributed by atoms with E-state index in [0.717, 1.165) is 45.3 Å². The number of nitrogens with zero attached hydrogens (tertiary/aromatic N) is 4. The van der Waals surface area contributed by atoms with Gasteiger partial charge in [0, 0.05) is 30.3 Å². The second kappa shape index (κ2) is 39.8. The Hall–Kier alpha value is 12.2. The number of sulfone groups is 1. The van der Waals surface area contributed by atoms with Gasteiger partial charge in [-0.2, -0.15) is 0 Å². The highest BCUT2D eigenvalue weighted by atomic mass is 33.5. The molecule has 48 heteroatoms. The lowest BCUT2D eigenvalue weighted by molar-refractivity contribution is 0.190. The largest absolute Gasteiger partial charge is 0.414 e. The van der Waals surface area contributed by atoms with E-state index in [9.17, 15) is 8.42 Å². The maximum atomic E-state index is 12.4. The van der Waals surface area contributed by atoms with Crippen LogP contribution in [0.4, 0.5) is 5.82 Å². The minimum atomic E-state index is -3.37. The molecule has 1 fully saturated rings. The molecule has 416 valence electrons. The first-order valence-electron chi connectivity index (χ1n) is 20.4. The Kier molecular flexibility index (Phi) is 42.3. The maximum absolute atomic E-state index is 12.4. The normalized spacial score (nSPS) is 16.4. The molecule has 23 unspecified atom stereocenters. The second-order valence-corrected chi connectivity index (χ2v) is 166. The van der Waals surface area contributed by atoms with E-state index in [1.807, 2.05) is 24.3 Å². The van der Waals surface area contributed by atoms with E-state index < -0.39 is 15.1 Å². The van der Waals surface area contributed by atoms with Gasteiger partial charge < -0.3 is 20.2 Å². The molecule has 0 aliphatic carbocycles. The lowest BCUT2D eigenvalue weighted by Crippen LogP contribution is -2.28. The highest BCUT2D eigenvalue weighted by molar-refractivity contribution is 9.47. The molecule has 0 spiro atoms. The molecule has 0 bridgehead atoms. The number of hydrogen-bond donors (Lipinski definition) is 2. The predicted octanol–water partition coefficient (Wildman–Crippen LogP) is 24.9. The summed E-state index contributed by atoms with van der Waals surface area (Å²) in [5, 5.41) is 11.3. The van der Waals surface area contributed by atoms with Crippen molar-refractivity contribution < 1.29 is 17.6 Å². The SMILES string of the molecule is CC(C)S(=O)(=O)c1ccc(-c2cnc(N)c(-c3nnc(-c4ccc(CN[C@@H]5CCOC5)cc4)o3)n2)cc1.PPP(P(P)P)P(P(P(P)P)P(P)P)P(P(P(P)P)P(P)P)P(P(P(P)P)P(P)P)P(P(P)P)P(P)P. The molecular weight excluding hydrogens is 1640 g/mol. The minimum absolute atomic E-state index is 0.00189. The molecule has 1 aliphatic heterocycles. The topological polar surface area (TPSA) is 146 Å². The third kappa shape index (κ3) is 23.9. The molecule has 2 aromatic carbocycles. The van der Waals surface area contributed by atoms with Gasteiger partial charge in [-0.1, -0.05) is 32.2 Å². The monoisotopic (exact) mass is 1710 g/mol. The van der Waals surface area contributed by atoms with Crippen LogP contribution in [0.3, 0.4) is 0 Å². The van der Waals surface area contributed by atoms with Crippen LogP contribution in [0.1, 0.15) is 25.8 Å². The summed E-state index contributed by atoms with van der Waals surface area (Å²) < 4.78 is 36.1. The fourth-order valence-electron chi connectivity index (χ4n) is 6.02. The number of rotatable bonds is 25. The van der Waals surface area contributed by atoms with Crippen LogP contribution in [0.25, 0.3) is 34.3 Å². The summed E-state index contributed by atoms with van der Waals surface area (Å²) in [5.41, 5.74) is 9.43. The van der Waals surface area contributed by atoms with Crippen molar-refractivity contribution >= 4 is 312 Å². The molecule has 3 N–H and O–H groups in total. The fraction of sp³-hybridized carbons (Fsp3) is 0.308. The van der Waals surface area contributed by atoms with Gasteiger partial charge in [-0.3, -0.25) is 0 Å². The predicted molar refractivity (Wildman–Crippen MR) is 449 cm³/mol. The van der Waals surface area contributed by atoms with Crippen molar-refractivity contribution in [3.05, 3.63) is 60.3 Å². The Bertz CT molecular complexity index is 2370. The Balaban J connectivity index is 0.000000320. The van der Waals surface area contributed by atoms with Crippen molar-refractivity contribution in [1.29, 1.82) is 0 Å². The fourth-order valence-corrected chi connectivity index (χ4v) is 510. The van der Waals surface area contributed by atoms with Gasteiger partial charge >= 0.3 is 0 Å². The van der Waals surface area contributed by atoms with Crippen LogP contribution in [-0.4, -0.2) is 53.1 Å². The van der Waals surface area contributed by atoms with Gasteiger partial charge in [-0.05, 0) is 169 Å². The van der Waals surface area contributed by atoms with E-state index in [-0.39, 0.29) is 141 Å². The molecule has 0 saturated carbocycles. The standard InChI is InChI=1S/C26H28N6O4S.H39P37/c1-16(2)37(33,34)21-9-7-18(8-10-21)22-14-29-24(27)23(30-22)26-32-31-25(36-26)19-5-3-17(4-6-19)13-28-20-11-12-35-15-20;1-20-30(21(2)3)35(31(22(4)5)23(6)7)37(34(28(16)17)29(18)19)36(32(24(8)9)25(10)11)33(26(12)13)27(14)15/h3-10,14,16,20,28H,11-13,15H2,1-2H3,(H2,27,29);20H,1-19H2/t20-;/m1./s1. The zero-order valence-corrected chi connectivity index (χ0v) is 78.6. The molecule has 3 heterocycles. The summed E-state index contributed by atoms with van der Waals surface area (Å²) in [4.78, 5) is 9.06. The summed E-state index contributed by atoms with van der Waals surface area (Å²) >= 11 is 0. The molecule has 1 saturated heterocycles. The molecule has 74 heavy (non-hydrogen) atoms. The van der Waals surface area contributed by atoms with E-state index in [1.54, 1.807) is 38.1 Å². The number of benzene rings is 2. The van der Waals surface area contributed by atoms with Gasteiger partial charge in [0.2, 0.25) is 5.89 Å². The number of aromatic nitrogens is 4. The molecule has 24 atom stereocenters. The van der Waals surface area contributed by atoms with E-state index in [1.165, 1.54) is 6.20 Å². The minimum Gasteiger partial charge on any atom is -0.414 e. The van der Waals surface area contributed by atoms with Gasteiger partial charge in [-0.15, -0.1) is 180 Å². The van der Waals surface area contributed by atoms with Gasteiger partial charge in [0.1, 0.15) is 0 Å². The molecule has 2 aromatic heterocycles. The summed E-state index contributed by atoms with van der Waals surface area (Å²) in [7, 11) is 61.5. The first-order valence-corrected chi connectivity index (χ1v) is 88.8. The third-order valence-corrected chi connectivity index (χ3v) is 261. The third-order valence-electron chi connectivity index (χ3n) is 9.37. The first kappa shape index (κ1) is 78.7. The zero-order valence-electron chi connectivity index (χ0n) is 39.7. The van der Waals surface area contributed by atoms with Crippen molar-refractivity contribution in [2.45, 2.75) is 43.0 Å². The van der Waals surface area contributed by atoms with Gasteiger partial charge in [0.15, 0.2) is 21.3 Å². The van der Waals surface area contributed by atoms with Crippen molar-refractivity contribution in [2.24, 2.45) is 0 Å². The molecule has 10 nitrogen and oxygen atoms in total. The lowest BCUT2D eigenvalue weighted by atomic mass is 10.1. The smallest absolute Gasteiger partial charge is 0.270 e. The van der Waals surface area contributed by atoms with Crippen molar-refractivity contribution in [1.82, 2.24) is 25.5 Å². The summed E-state index contributed by atoms with van der Waals surface area (Å²) in [6, 6.07) is 14.8. The van der Waals surface area contributed by atoms with Gasteiger partial charge in [-0.25, -0.2) is 18.4 Å². The van der Waals surface area contributed by atoms with Gasteiger partial charge in [0.05, 0.1) is 28.6 Å². The van der Waals surface area contributed by atoms with E-state index >= 15 is 0 Å². The Labute approximate surface area is 506 Å². The van der Waals surface area contributed by atoms with Crippen LogP contribution in [0.2, 0.25) is 0 Å². The van der Waals surface area contributed by atoms with E-state index in [0.29, 0.717) is 23.2 Å². The van der Waals surface area contributed by atoms with Crippen LogP contribution in [0.5, 0.6) is 0 Å². The Morgan fingerprint density at radius 1 is 0.635 bits per heavy atom. The molecule has 5 rings (SSSR count). The summed E-state index contributed by atoms with van der Waals surface area (Å²) in [6.07, 6.45) is 2.55. The molecule has 4 aromatic rings. The number of nitrogens with one attached hydrogen (secondary N) is 1. The van der Waals surface area contributed by atoms with Gasteiger partial charge in [0.25, 0.3) is 5.89 Å². The molecule has 0 radical (unpaired) electrons. The average Bonchev–Trinajstić information content (AvgIpc) is 4.03. The Morgan fingerprint density at radius 2 is 1.08 bits per heavy atom. The number of anilines is 1. The average molecular weight is 1710 g/mol. The second-order valence-electron chi connectivity index (χ2n) is 14.9. The van der Waals surface area contributed by atoms with Crippen LogP contribution in [0, 0.1) is 0 Å². The highest BCUT2D eigenvalue weighted by Gasteiger charge is 2.54. The van der Waals surface area contributed by atoms with Crippen LogP contribution in [0.15, 0.2) is 64.0 Å². The number of hydrogen-bond acceptors (Lipinski definition) is 10. The van der Waals surface area contributed by atoms with Crippen molar-refractivity contribution in [3.63, 3.8) is 0 Å². The van der Waals surface area contributed by atoms with Crippen molar-refractivity contribution in [2.75, 3.05) is 18.9 Å². The number of ether oxygens (including phenoxy) is 1. The van der Waals surface area contributed by atoms with E-state index in [2.05, 4.69) is 195 Å². The van der Waals surface area contributed by atoms with Crippen LogP contribution < -0.4 is 11.1 Å². The first-order chi connectivity index (χ1) is 34.6. The highest BCUT2D eigenvalue weighted by Crippen LogP contribution is 3.41. The number of nitrogens with two attached hydrogens (primary N) is 1. The lowest BCUT2D eigenvalue weighted by Gasteiger charge is -2.55. The quantitative estimate of drug-likeness (QED) is 0.0615. The summed E-state index contributed by atoms with van der Waals surface area (Å²) in [6.45, 7) is 4.70. The molecule has 1 aliphatic rings. The number of nitrogen functional groups attached to an aromatic ring is 1. The maximum Gasteiger partial charge on any atom is 0.270 e. The zero-order chi connectivity index (χ0) is 55.5.